The predicted molar refractivity (Wildman–Crippen MR) is 103 cm³/mol. The molecule has 1 amide bonds. The van der Waals surface area contributed by atoms with Crippen molar-refractivity contribution in [2.75, 3.05) is 26.3 Å². The van der Waals surface area contributed by atoms with Gasteiger partial charge in [-0.3, -0.25) is 9.59 Å². The van der Waals surface area contributed by atoms with Crippen molar-refractivity contribution in [2.24, 2.45) is 11.8 Å². The molecule has 0 aromatic heterocycles. The largest absolute Gasteiger partial charge is 0.486 e. The van der Waals surface area contributed by atoms with Gasteiger partial charge in [-0.15, -0.1) is 0 Å². The average molecular weight is 513 g/mol. The lowest BCUT2D eigenvalue weighted by molar-refractivity contribution is -0.172. The van der Waals surface area contributed by atoms with Crippen molar-refractivity contribution < 1.29 is 54.5 Å². The summed E-state index contributed by atoms with van der Waals surface area (Å²) in [5, 5.41) is 7.86. The van der Waals surface area contributed by atoms with E-state index in [1.165, 1.54) is 0 Å². The number of alkyl halides is 5. The van der Waals surface area contributed by atoms with E-state index in [0.717, 1.165) is 17.0 Å². The Labute approximate surface area is 190 Å². The Balaban J connectivity index is 1.62. The van der Waals surface area contributed by atoms with E-state index in [-0.39, 0.29) is 19.0 Å². The molecule has 0 spiro atoms. The van der Waals surface area contributed by atoms with E-state index in [2.05, 4.69) is 0 Å². The zero-order valence-electron chi connectivity index (χ0n) is 17.4. The van der Waals surface area contributed by atoms with Crippen molar-refractivity contribution in [1.82, 2.24) is 4.90 Å². The number of carboxylic acids is 1. The van der Waals surface area contributed by atoms with Gasteiger partial charge in [0.1, 0.15) is 11.9 Å². The van der Waals surface area contributed by atoms with Gasteiger partial charge >= 0.3 is 12.1 Å². The molecule has 1 N–H and O–H groups in total. The van der Waals surface area contributed by atoms with Crippen LogP contribution in [-0.2, 0) is 30.3 Å². The minimum absolute atomic E-state index is 0.179. The quantitative estimate of drug-likeness (QED) is 0.581. The van der Waals surface area contributed by atoms with Crippen LogP contribution in [0.5, 0.6) is 5.75 Å². The van der Waals surface area contributed by atoms with Gasteiger partial charge < -0.3 is 19.5 Å². The Morgan fingerprint density at radius 2 is 1.74 bits per heavy atom. The van der Waals surface area contributed by atoms with Crippen LogP contribution in [0, 0.1) is 11.8 Å². The second-order valence-electron chi connectivity index (χ2n) is 8.67. The van der Waals surface area contributed by atoms with Gasteiger partial charge in [-0.1, -0.05) is 0 Å². The third-order valence-corrected chi connectivity index (χ3v) is 8.45. The number of nitrogens with zero attached hydrogens (tertiary/aromatic N) is 1. The molecule has 2 heterocycles. The monoisotopic (exact) mass is 513 g/mol. The Kier molecular flexibility index (Phi) is 6.03. The van der Waals surface area contributed by atoms with Crippen LogP contribution in [0.4, 0.5) is 22.0 Å². The number of sulfone groups is 1. The number of benzene rings is 1. The Hall–Kier alpha value is -2.48. The summed E-state index contributed by atoms with van der Waals surface area (Å²) in [5.74, 6) is -8.76. The topological polar surface area (TPSA) is 110 Å². The van der Waals surface area contributed by atoms with Crippen molar-refractivity contribution >= 4 is 21.7 Å². The smallest absolute Gasteiger partial charge is 0.417 e. The zero-order valence-corrected chi connectivity index (χ0v) is 18.2. The first-order valence-corrected chi connectivity index (χ1v) is 11.8. The highest BCUT2D eigenvalue weighted by molar-refractivity contribution is 7.92. The second-order valence-corrected chi connectivity index (χ2v) is 10.9. The van der Waals surface area contributed by atoms with Crippen LogP contribution >= 0.6 is 0 Å². The SMILES string of the molecule is O=C(O)C1CC(S(=O)(=O)c2ccc(OC3COC3)cc2C(F)(F)F)CC1C(=O)N1CC(F)(F)C1. The van der Waals surface area contributed by atoms with Crippen LogP contribution in [0.1, 0.15) is 18.4 Å². The van der Waals surface area contributed by atoms with Crippen LogP contribution in [-0.4, -0.2) is 73.9 Å². The van der Waals surface area contributed by atoms with Crippen molar-refractivity contribution in [2.45, 2.75) is 41.2 Å². The Morgan fingerprint density at radius 3 is 2.24 bits per heavy atom. The second kappa shape index (κ2) is 8.33. The molecule has 0 bridgehead atoms. The minimum Gasteiger partial charge on any atom is -0.486 e. The van der Waals surface area contributed by atoms with Gasteiger partial charge in [0.2, 0.25) is 5.91 Å². The van der Waals surface area contributed by atoms with Crippen LogP contribution in [0.2, 0.25) is 0 Å². The van der Waals surface area contributed by atoms with Crippen molar-refractivity contribution in [1.29, 1.82) is 0 Å². The third kappa shape index (κ3) is 4.57. The molecule has 34 heavy (non-hydrogen) atoms. The lowest BCUT2D eigenvalue weighted by Gasteiger charge is -2.40. The molecule has 2 aliphatic heterocycles. The molecule has 3 atom stereocenters. The third-order valence-electron chi connectivity index (χ3n) is 6.22. The summed E-state index contributed by atoms with van der Waals surface area (Å²) < 4.78 is 104. The van der Waals surface area contributed by atoms with Gasteiger partial charge in [0.15, 0.2) is 9.84 Å². The fraction of sp³-hybridized carbons (Fsp3) is 0.600. The highest BCUT2D eigenvalue weighted by Crippen LogP contribution is 2.44. The number of carbonyl (C=O) groups is 2. The summed E-state index contributed by atoms with van der Waals surface area (Å²) in [5.41, 5.74) is -1.48. The molecule has 3 unspecified atom stereocenters. The number of carbonyl (C=O) groups excluding carboxylic acids is 1. The molecule has 188 valence electrons. The number of amides is 1. The lowest BCUT2D eigenvalue weighted by Crippen LogP contribution is -2.60. The maximum Gasteiger partial charge on any atom is 0.417 e. The zero-order chi connectivity index (χ0) is 25.1. The first-order valence-electron chi connectivity index (χ1n) is 10.3. The number of rotatable bonds is 6. The summed E-state index contributed by atoms with van der Waals surface area (Å²) in [6, 6.07) is 2.36. The summed E-state index contributed by atoms with van der Waals surface area (Å²) in [7, 11) is -4.74. The molecule has 1 aromatic carbocycles. The number of aliphatic carboxylic acids is 1. The summed E-state index contributed by atoms with van der Waals surface area (Å²) in [6.45, 7) is -1.48. The summed E-state index contributed by atoms with van der Waals surface area (Å²) in [6.07, 6.45) is -6.74. The fourth-order valence-corrected chi connectivity index (χ4v) is 6.42. The maximum absolute atomic E-state index is 13.8. The van der Waals surface area contributed by atoms with Gasteiger partial charge in [0.25, 0.3) is 5.92 Å². The molecule has 1 saturated carbocycles. The van der Waals surface area contributed by atoms with Crippen molar-refractivity contribution in [3.8, 4) is 5.75 Å². The number of ether oxygens (including phenoxy) is 2. The fourth-order valence-electron chi connectivity index (χ4n) is 4.40. The molecular formula is C20H20F5NO7S. The van der Waals surface area contributed by atoms with Crippen molar-refractivity contribution in [3.05, 3.63) is 23.8 Å². The van der Waals surface area contributed by atoms with Crippen LogP contribution in [0.3, 0.4) is 0 Å². The first kappa shape index (κ1) is 24.6. The summed E-state index contributed by atoms with van der Waals surface area (Å²) in [4.78, 5) is 23.9. The number of likely N-dealkylation sites (tertiary alicyclic amines) is 1. The normalized spacial score (nSPS) is 27.1. The number of carboxylic acid groups (broad SMARTS) is 1. The standard InChI is InChI=1S/C20H20F5NO7S/c21-19(22)8-26(9-19)17(27)13-4-12(5-14(13)18(28)29)34(30,31)16-2-1-10(33-11-6-32-7-11)3-15(16)20(23,24)25/h1-3,11-14H,4-9H2,(H,28,29). The van der Waals surface area contributed by atoms with Gasteiger partial charge in [-0.25, -0.2) is 17.2 Å². The van der Waals surface area contributed by atoms with Crippen molar-refractivity contribution in [3.63, 3.8) is 0 Å². The van der Waals surface area contributed by atoms with Gasteiger partial charge in [0.05, 0.1) is 53.8 Å². The highest BCUT2D eigenvalue weighted by atomic mass is 32.2. The molecule has 1 aliphatic carbocycles. The van der Waals surface area contributed by atoms with E-state index in [0.29, 0.717) is 6.07 Å². The molecular weight excluding hydrogens is 493 g/mol. The van der Waals surface area contributed by atoms with E-state index < -0.39 is 93.4 Å². The van der Waals surface area contributed by atoms with E-state index in [4.69, 9.17) is 9.47 Å². The summed E-state index contributed by atoms with van der Waals surface area (Å²) >= 11 is 0. The molecule has 2 saturated heterocycles. The number of hydrogen-bond donors (Lipinski definition) is 1. The molecule has 3 aliphatic rings. The minimum atomic E-state index is -5.07. The molecule has 14 heteroatoms. The van der Waals surface area contributed by atoms with E-state index in [1.807, 2.05) is 0 Å². The predicted octanol–water partition coefficient (Wildman–Crippen LogP) is 2.21. The number of hydrogen-bond acceptors (Lipinski definition) is 6. The van der Waals surface area contributed by atoms with E-state index in [9.17, 15) is 45.1 Å². The number of halogens is 5. The van der Waals surface area contributed by atoms with Gasteiger partial charge in [-0.05, 0) is 31.0 Å². The maximum atomic E-state index is 13.8. The Bertz CT molecular complexity index is 1100. The van der Waals surface area contributed by atoms with Crippen LogP contribution in [0.15, 0.2) is 23.1 Å². The average Bonchev–Trinajstić information content (AvgIpc) is 3.14. The van der Waals surface area contributed by atoms with Crippen LogP contribution in [0.25, 0.3) is 0 Å². The first-order chi connectivity index (χ1) is 15.7. The lowest BCUT2D eigenvalue weighted by atomic mass is 9.93. The molecule has 3 fully saturated rings. The molecule has 1 aromatic rings. The van der Waals surface area contributed by atoms with Gasteiger partial charge in [-0.2, -0.15) is 13.2 Å². The van der Waals surface area contributed by atoms with E-state index >= 15 is 0 Å². The van der Waals surface area contributed by atoms with E-state index in [1.54, 1.807) is 0 Å². The molecule has 4 rings (SSSR count). The van der Waals surface area contributed by atoms with Crippen LogP contribution < -0.4 is 4.74 Å². The molecule has 0 radical (unpaired) electrons. The Morgan fingerprint density at radius 1 is 1.12 bits per heavy atom. The molecule has 8 nitrogen and oxygen atoms in total. The highest BCUT2D eigenvalue weighted by Gasteiger charge is 2.54. The van der Waals surface area contributed by atoms with Gasteiger partial charge in [0, 0.05) is 0 Å².